The van der Waals surface area contributed by atoms with Crippen LogP contribution < -0.4 is 10.2 Å². The maximum atomic E-state index is 12.0. The number of thiazole rings is 1. The molecule has 0 aliphatic heterocycles. The van der Waals surface area contributed by atoms with Gasteiger partial charge in [0.1, 0.15) is 11.3 Å². The number of aromatic hydroxyl groups is 1. The van der Waals surface area contributed by atoms with Gasteiger partial charge in [-0.15, -0.1) is 11.3 Å². The van der Waals surface area contributed by atoms with Crippen molar-refractivity contribution >= 4 is 38.8 Å². The van der Waals surface area contributed by atoms with Gasteiger partial charge < -0.3 is 20.1 Å². The van der Waals surface area contributed by atoms with Gasteiger partial charge in [0.05, 0.1) is 11.3 Å². The lowest BCUT2D eigenvalue weighted by Crippen LogP contribution is -2.25. The number of hydrogen-bond acceptors (Lipinski definition) is 6. The Bertz CT molecular complexity index is 963. The molecule has 3 N–H and O–H groups in total. The Morgan fingerprint density at radius 1 is 1.14 bits per heavy atom. The number of phenols is 1. The Hall–Kier alpha value is -2.16. The molecule has 8 heteroatoms. The van der Waals surface area contributed by atoms with Crippen molar-refractivity contribution in [3.63, 3.8) is 0 Å². The molecule has 0 aliphatic rings. The Morgan fingerprint density at radius 3 is 2.86 bits per heavy atom. The summed E-state index contributed by atoms with van der Waals surface area (Å²) in [6.45, 7) is 2.00. The van der Waals surface area contributed by atoms with Crippen LogP contribution in [0.1, 0.15) is 36.1 Å². The lowest BCUT2D eigenvalue weighted by Gasteiger charge is -2.07. The molecule has 1 aromatic carbocycles. The number of unbranched alkanes of at least 4 members (excludes halogenated alkanes) is 2. The van der Waals surface area contributed by atoms with Gasteiger partial charge in [-0.1, -0.05) is 29.9 Å². The highest BCUT2D eigenvalue weighted by atomic mass is 32.1. The fraction of sp³-hybridized carbons (Fsp3) is 0.429. The molecular formula is C21H26N2O4S2. The third kappa shape index (κ3) is 6.69. The summed E-state index contributed by atoms with van der Waals surface area (Å²) in [6.07, 6.45) is 4.89. The fourth-order valence-corrected chi connectivity index (χ4v) is 4.68. The predicted molar refractivity (Wildman–Crippen MR) is 118 cm³/mol. The standard InChI is InChI=1S/C21H26N2O4S2/c24-17-8-7-15(20-19(17)23-21(26)29-20)9-11-22-18(25)6-2-1-3-12-27-13-10-16-5-4-14-28-16/h4-5,7-8,14,24H,1-3,6,9-13H2,(H,22,25)(H,23,26). The lowest BCUT2D eigenvalue weighted by molar-refractivity contribution is -0.121. The second-order valence-corrected chi connectivity index (χ2v) is 8.83. The van der Waals surface area contributed by atoms with Crippen molar-refractivity contribution in [3.05, 3.63) is 49.8 Å². The Labute approximate surface area is 177 Å². The van der Waals surface area contributed by atoms with E-state index >= 15 is 0 Å². The van der Waals surface area contributed by atoms with Crippen LogP contribution in [0, 0.1) is 0 Å². The van der Waals surface area contributed by atoms with E-state index in [4.69, 9.17) is 4.74 Å². The monoisotopic (exact) mass is 434 g/mol. The van der Waals surface area contributed by atoms with Crippen molar-refractivity contribution in [2.75, 3.05) is 19.8 Å². The first-order valence-electron chi connectivity index (χ1n) is 9.84. The molecule has 0 fully saturated rings. The number of amides is 1. The molecule has 0 saturated heterocycles. The molecule has 3 rings (SSSR count). The highest BCUT2D eigenvalue weighted by Gasteiger charge is 2.10. The Balaban J connectivity index is 1.25. The van der Waals surface area contributed by atoms with E-state index in [-0.39, 0.29) is 16.5 Å². The summed E-state index contributed by atoms with van der Waals surface area (Å²) in [5.74, 6) is 0.113. The number of phenolic OH excluding ortho intramolecular Hbond substituents is 1. The number of hydrogen-bond donors (Lipinski definition) is 3. The van der Waals surface area contributed by atoms with Crippen LogP contribution in [0.2, 0.25) is 0 Å². The van der Waals surface area contributed by atoms with Crippen LogP contribution in [-0.2, 0) is 22.4 Å². The van der Waals surface area contributed by atoms with E-state index in [1.807, 2.05) is 0 Å². The molecule has 0 saturated carbocycles. The summed E-state index contributed by atoms with van der Waals surface area (Å²) >= 11 is 2.84. The molecule has 6 nitrogen and oxygen atoms in total. The molecule has 1 amide bonds. The van der Waals surface area contributed by atoms with Crippen molar-refractivity contribution in [1.82, 2.24) is 10.3 Å². The van der Waals surface area contributed by atoms with E-state index in [1.54, 1.807) is 23.5 Å². The second kappa shape index (κ2) is 11.1. The van der Waals surface area contributed by atoms with Gasteiger partial charge >= 0.3 is 4.87 Å². The van der Waals surface area contributed by atoms with E-state index in [0.717, 1.165) is 60.5 Å². The number of carbonyl (C=O) groups excluding carboxylic acids is 1. The van der Waals surface area contributed by atoms with Crippen molar-refractivity contribution in [2.45, 2.75) is 38.5 Å². The lowest BCUT2D eigenvalue weighted by atomic mass is 10.1. The summed E-state index contributed by atoms with van der Waals surface area (Å²) < 4.78 is 6.39. The summed E-state index contributed by atoms with van der Waals surface area (Å²) in [4.78, 5) is 27.3. The molecule has 0 spiro atoms. The van der Waals surface area contributed by atoms with Gasteiger partial charge in [0.15, 0.2) is 0 Å². The van der Waals surface area contributed by atoms with Gasteiger partial charge in [0.25, 0.3) is 0 Å². The number of H-pyrrole nitrogens is 1. The van der Waals surface area contributed by atoms with E-state index < -0.39 is 0 Å². The molecule has 0 radical (unpaired) electrons. The van der Waals surface area contributed by atoms with Crippen molar-refractivity contribution in [3.8, 4) is 5.75 Å². The van der Waals surface area contributed by atoms with Crippen LogP contribution in [0.4, 0.5) is 0 Å². The van der Waals surface area contributed by atoms with E-state index in [1.165, 1.54) is 4.88 Å². The molecule has 156 valence electrons. The number of nitrogens with one attached hydrogen (secondary N) is 2. The van der Waals surface area contributed by atoms with E-state index in [2.05, 4.69) is 27.8 Å². The molecule has 0 atom stereocenters. The Morgan fingerprint density at radius 2 is 2.03 bits per heavy atom. The van der Waals surface area contributed by atoms with Gasteiger partial charge in [0, 0.05) is 30.9 Å². The molecule has 2 aromatic heterocycles. The third-order valence-electron chi connectivity index (χ3n) is 4.62. The van der Waals surface area contributed by atoms with Gasteiger partial charge in [-0.25, -0.2) is 0 Å². The first kappa shape index (κ1) is 21.5. The highest BCUT2D eigenvalue weighted by molar-refractivity contribution is 7.16. The molecule has 29 heavy (non-hydrogen) atoms. The van der Waals surface area contributed by atoms with E-state index in [0.29, 0.717) is 24.9 Å². The average Bonchev–Trinajstić information content (AvgIpc) is 3.35. The number of aromatic nitrogens is 1. The minimum Gasteiger partial charge on any atom is -0.506 e. The summed E-state index contributed by atoms with van der Waals surface area (Å²) in [5, 5.41) is 14.8. The molecule has 0 unspecified atom stereocenters. The van der Waals surface area contributed by atoms with E-state index in [9.17, 15) is 14.7 Å². The zero-order chi connectivity index (χ0) is 20.5. The first-order valence-corrected chi connectivity index (χ1v) is 11.5. The molecule has 0 aliphatic carbocycles. The van der Waals surface area contributed by atoms with Crippen LogP contribution in [0.5, 0.6) is 5.75 Å². The molecule has 3 aromatic rings. The van der Waals surface area contributed by atoms with Gasteiger partial charge in [-0.05, 0) is 42.3 Å². The first-order chi connectivity index (χ1) is 14.1. The fourth-order valence-electron chi connectivity index (χ4n) is 3.09. The Kier molecular flexibility index (Phi) is 8.27. The smallest absolute Gasteiger partial charge is 0.305 e. The summed E-state index contributed by atoms with van der Waals surface area (Å²) in [6, 6.07) is 7.55. The van der Waals surface area contributed by atoms with Crippen molar-refractivity contribution in [1.29, 1.82) is 0 Å². The topological polar surface area (TPSA) is 91.4 Å². The minimum absolute atomic E-state index is 0.0425. The van der Waals surface area contributed by atoms with Gasteiger partial charge in [-0.2, -0.15) is 0 Å². The van der Waals surface area contributed by atoms with Gasteiger partial charge in [-0.3, -0.25) is 9.59 Å². The molecular weight excluding hydrogens is 408 g/mol. The normalized spacial score (nSPS) is 11.2. The molecule has 2 heterocycles. The van der Waals surface area contributed by atoms with Crippen LogP contribution in [-0.4, -0.2) is 35.8 Å². The van der Waals surface area contributed by atoms with Crippen molar-refractivity contribution < 1.29 is 14.6 Å². The second-order valence-electron chi connectivity index (χ2n) is 6.81. The zero-order valence-corrected chi connectivity index (χ0v) is 17.9. The number of carbonyl (C=O) groups is 1. The zero-order valence-electron chi connectivity index (χ0n) is 16.2. The predicted octanol–water partition coefficient (Wildman–Crippen LogP) is 3.84. The van der Waals surface area contributed by atoms with Crippen LogP contribution >= 0.6 is 22.7 Å². The minimum atomic E-state index is -0.192. The summed E-state index contributed by atoms with van der Waals surface area (Å²) in [5.41, 5.74) is 1.42. The number of rotatable bonds is 12. The van der Waals surface area contributed by atoms with Crippen LogP contribution in [0.3, 0.4) is 0 Å². The summed E-state index contributed by atoms with van der Waals surface area (Å²) in [7, 11) is 0. The number of aromatic amines is 1. The maximum absolute atomic E-state index is 12.0. The van der Waals surface area contributed by atoms with Crippen molar-refractivity contribution in [2.24, 2.45) is 0 Å². The van der Waals surface area contributed by atoms with Gasteiger partial charge in [0.2, 0.25) is 5.91 Å². The number of fused-ring (bicyclic) bond motifs is 1. The third-order valence-corrected chi connectivity index (χ3v) is 6.52. The van der Waals surface area contributed by atoms with Crippen LogP contribution in [0.25, 0.3) is 10.2 Å². The number of ether oxygens (including phenoxy) is 1. The molecule has 0 bridgehead atoms. The van der Waals surface area contributed by atoms with Crippen LogP contribution in [0.15, 0.2) is 34.4 Å². The highest BCUT2D eigenvalue weighted by Crippen LogP contribution is 2.27. The number of benzene rings is 1. The largest absolute Gasteiger partial charge is 0.506 e. The maximum Gasteiger partial charge on any atom is 0.305 e. The average molecular weight is 435 g/mol. The number of thiophene rings is 1. The quantitative estimate of drug-likeness (QED) is 0.378. The SMILES string of the molecule is O=C(CCCCCOCCc1cccs1)NCCc1ccc(O)c2[nH]c(=O)sc12.